The van der Waals surface area contributed by atoms with Gasteiger partial charge in [-0.15, -0.1) is 0 Å². The fourth-order valence-electron chi connectivity index (χ4n) is 2.15. The van der Waals surface area contributed by atoms with E-state index in [4.69, 9.17) is 0 Å². The normalized spacial score (nSPS) is 11.9. The van der Waals surface area contributed by atoms with E-state index < -0.39 is 10.0 Å². The van der Waals surface area contributed by atoms with Gasteiger partial charge in [-0.25, -0.2) is 8.42 Å². The van der Waals surface area contributed by atoms with Crippen molar-refractivity contribution in [2.75, 3.05) is 46.5 Å². The fourth-order valence-corrected chi connectivity index (χ4v) is 2.98. The first-order valence-electron chi connectivity index (χ1n) is 7.60. The van der Waals surface area contributed by atoms with Crippen LogP contribution in [0.1, 0.15) is 11.1 Å². The Balaban J connectivity index is 2.44. The van der Waals surface area contributed by atoms with E-state index >= 15 is 0 Å². The number of hydrogen-bond acceptors (Lipinski definition) is 4. The molecule has 0 aliphatic heterocycles. The molecule has 1 rings (SSSR count). The summed E-state index contributed by atoms with van der Waals surface area (Å²) < 4.78 is 24.9. The zero-order valence-electron chi connectivity index (χ0n) is 14.4. The van der Waals surface area contributed by atoms with Gasteiger partial charge in [-0.3, -0.25) is 4.79 Å². The van der Waals surface area contributed by atoms with Crippen LogP contribution >= 0.6 is 0 Å². The Kier molecular flexibility index (Phi) is 7.67. The third-order valence-electron chi connectivity index (χ3n) is 3.40. The summed E-state index contributed by atoms with van der Waals surface area (Å²) in [6.45, 7) is 3.64. The molecule has 0 bridgehead atoms. The van der Waals surface area contributed by atoms with Gasteiger partial charge >= 0.3 is 0 Å². The highest BCUT2D eigenvalue weighted by Gasteiger charge is 2.16. The van der Waals surface area contributed by atoms with Gasteiger partial charge in [0.2, 0.25) is 15.9 Å². The zero-order valence-corrected chi connectivity index (χ0v) is 15.2. The number of amides is 1. The van der Waals surface area contributed by atoms with Crippen molar-refractivity contribution >= 4 is 15.9 Å². The molecule has 6 nitrogen and oxygen atoms in total. The number of nitrogens with one attached hydrogen (secondary N) is 1. The predicted molar refractivity (Wildman–Crippen MR) is 92.9 cm³/mol. The van der Waals surface area contributed by atoms with E-state index in [1.165, 1.54) is 10.6 Å². The quantitative estimate of drug-likeness (QED) is 0.709. The minimum absolute atomic E-state index is 0.100. The molecule has 0 saturated heterocycles. The minimum atomic E-state index is -3.27. The molecule has 0 radical (unpaired) electrons. The Bertz CT molecular complexity index is 615. The molecule has 23 heavy (non-hydrogen) atoms. The molecule has 1 N–H and O–H groups in total. The molecule has 0 spiro atoms. The summed E-state index contributed by atoms with van der Waals surface area (Å²) in [5.41, 5.74) is 2.07. The van der Waals surface area contributed by atoms with Crippen LogP contribution in [0.3, 0.4) is 0 Å². The maximum atomic E-state index is 11.9. The Morgan fingerprint density at radius 1 is 1.17 bits per heavy atom. The van der Waals surface area contributed by atoms with Gasteiger partial charge in [0.05, 0.1) is 12.7 Å². The lowest BCUT2D eigenvalue weighted by molar-refractivity contribution is -0.120. The van der Waals surface area contributed by atoms with Crippen molar-refractivity contribution in [1.82, 2.24) is 14.5 Å². The molecule has 0 aliphatic carbocycles. The first-order valence-corrected chi connectivity index (χ1v) is 9.45. The summed E-state index contributed by atoms with van der Waals surface area (Å²) in [7, 11) is 0.518. The van der Waals surface area contributed by atoms with Gasteiger partial charge in [0.15, 0.2) is 0 Å². The van der Waals surface area contributed by atoms with Gasteiger partial charge in [-0.05, 0) is 26.6 Å². The third-order valence-corrected chi connectivity index (χ3v) is 4.70. The van der Waals surface area contributed by atoms with Gasteiger partial charge in [0.1, 0.15) is 0 Å². The Morgan fingerprint density at radius 3 is 2.43 bits per heavy atom. The fraction of sp³-hybridized carbons (Fsp3) is 0.562. The molecule has 1 aromatic carbocycles. The van der Waals surface area contributed by atoms with Crippen molar-refractivity contribution in [3.63, 3.8) is 0 Å². The first kappa shape index (κ1) is 19.6. The van der Waals surface area contributed by atoms with Crippen molar-refractivity contribution in [1.29, 1.82) is 0 Å². The van der Waals surface area contributed by atoms with Crippen LogP contribution in [0.5, 0.6) is 0 Å². The van der Waals surface area contributed by atoms with Gasteiger partial charge in [0.25, 0.3) is 0 Å². The highest BCUT2D eigenvalue weighted by Crippen LogP contribution is 2.04. The maximum Gasteiger partial charge on any atom is 0.224 e. The smallest absolute Gasteiger partial charge is 0.224 e. The summed E-state index contributed by atoms with van der Waals surface area (Å²) in [6.07, 6.45) is 1.50. The molecule has 0 aliphatic rings. The topological polar surface area (TPSA) is 69.7 Å². The molecule has 7 heteroatoms. The first-order chi connectivity index (χ1) is 10.7. The van der Waals surface area contributed by atoms with Crippen molar-refractivity contribution < 1.29 is 13.2 Å². The molecule has 1 amide bonds. The summed E-state index contributed by atoms with van der Waals surface area (Å²) in [4.78, 5) is 13.9. The van der Waals surface area contributed by atoms with E-state index in [1.54, 1.807) is 0 Å². The highest BCUT2D eigenvalue weighted by atomic mass is 32.2. The van der Waals surface area contributed by atoms with E-state index in [0.717, 1.165) is 11.1 Å². The number of carbonyl (C=O) groups excluding carboxylic acids is 1. The van der Waals surface area contributed by atoms with Gasteiger partial charge in [-0.1, -0.05) is 29.8 Å². The second-order valence-corrected chi connectivity index (χ2v) is 7.96. The van der Waals surface area contributed by atoms with Crippen LogP contribution in [0.25, 0.3) is 0 Å². The Morgan fingerprint density at radius 2 is 1.87 bits per heavy atom. The second kappa shape index (κ2) is 9.00. The number of sulfonamides is 1. The lowest BCUT2D eigenvalue weighted by atomic mass is 10.1. The van der Waals surface area contributed by atoms with Crippen molar-refractivity contribution in [3.8, 4) is 0 Å². The van der Waals surface area contributed by atoms with Gasteiger partial charge in [0, 0.05) is 26.2 Å². The van der Waals surface area contributed by atoms with Crippen LogP contribution in [0.4, 0.5) is 0 Å². The van der Waals surface area contributed by atoms with Crippen molar-refractivity contribution in [3.05, 3.63) is 35.4 Å². The van der Waals surface area contributed by atoms with E-state index in [0.29, 0.717) is 26.1 Å². The molecular weight excluding hydrogens is 314 g/mol. The summed E-state index contributed by atoms with van der Waals surface area (Å²) in [5, 5.41) is 2.78. The lowest BCUT2D eigenvalue weighted by Crippen LogP contribution is -2.41. The molecule has 0 aromatic heterocycles. The SMILES string of the molecule is Cc1cccc(CC(=O)NCCN(CCN(C)C)S(C)(=O)=O)c1. The van der Waals surface area contributed by atoms with Crippen LogP contribution in [-0.2, 0) is 21.2 Å². The lowest BCUT2D eigenvalue weighted by Gasteiger charge is -2.22. The van der Waals surface area contributed by atoms with Gasteiger partial charge < -0.3 is 10.2 Å². The average molecular weight is 341 g/mol. The van der Waals surface area contributed by atoms with Crippen molar-refractivity contribution in [2.24, 2.45) is 0 Å². The van der Waals surface area contributed by atoms with Crippen LogP contribution in [-0.4, -0.2) is 70.1 Å². The zero-order chi connectivity index (χ0) is 17.5. The second-order valence-electron chi connectivity index (χ2n) is 5.98. The summed E-state index contributed by atoms with van der Waals surface area (Å²) in [6, 6.07) is 7.78. The number of nitrogens with zero attached hydrogens (tertiary/aromatic N) is 2. The van der Waals surface area contributed by atoms with E-state index in [1.807, 2.05) is 50.2 Å². The molecule has 0 fully saturated rings. The van der Waals surface area contributed by atoms with Crippen LogP contribution in [0, 0.1) is 6.92 Å². The highest BCUT2D eigenvalue weighted by molar-refractivity contribution is 7.88. The van der Waals surface area contributed by atoms with Crippen LogP contribution < -0.4 is 5.32 Å². The molecular formula is C16H27N3O3S. The monoisotopic (exact) mass is 341 g/mol. The Hall–Kier alpha value is -1.44. The summed E-state index contributed by atoms with van der Waals surface area (Å²) in [5.74, 6) is -0.100. The van der Waals surface area contributed by atoms with Gasteiger partial charge in [-0.2, -0.15) is 4.31 Å². The predicted octanol–water partition coefficient (Wildman–Crippen LogP) is 0.477. The number of likely N-dealkylation sites (N-methyl/N-ethyl adjacent to an activating group) is 1. The van der Waals surface area contributed by atoms with Crippen LogP contribution in [0.15, 0.2) is 24.3 Å². The third kappa shape index (κ3) is 8.11. The number of hydrogen-bond donors (Lipinski definition) is 1. The number of aryl methyl sites for hydroxylation is 1. The Labute approximate surface area is 139 Å². The van der Waals surface area contributed by atoms with E-state index in [-0.39, 0.29) is 12.5 Å². The minimum Gasteiger partial charge on any atom is -0.354 e. The number of carbonyl (C=O) groups is 1. The van der Waals surface area contributed by atoms with Crippen molar-refractivity contribution in [2.45, 2.75) is 13.3 Å². The molecule has 0 unspecified atom stereocenters. The number of rotatable bonds is 9. The summed E-state index contributed by atoms with van der Waals surface area (Å²) >= 11 is 0. The molecule has 0 saturated carbocycles. The number of benzene rings is 1. The van der Waals surface area contributed by atoms with Crippen LogP contribution in [0.2, 0.25) is 0 Å². The molecule has 0 heterocycles. The van der Waals surface area contributed by atoms with E-state index in [9.17, 15) is 13.2 Å². The maximum absolute atomic E-state index is 11.9. The molecule has 0 atom stereocenters. The average Bonchev–Trinajstić information content (AvgIpc) is 2.40. The standard InChI is InChI=1S/C16H27N3O3S/c1-14-6-5-7-15(12-14)13-16(20)17-8-9-19(23(4,21)22)11-10-18(2)3/h5-7,12H,8-11,13H2,1-4H3,(H,17,20). The molecule has 130 valence electrons. The van der Waals surface area contributed by atoms with E-state index in [2.05, 4.69) is 5.32 Å². The largest absolute Gasteiger partial charge is 0.354 e. The molecule has 1 aromatic rings.